The molecule has 142 valence electrons. The van der Waals surface area contributed by atoms with Gasteiger partial charge in [0.05, 0.1) is 5.92 Å². The average Bonchev–Trinajstić information content (AvgIpc) is 3.29. The molecule has 0 saturated carbocycles. The highest BCUT2D eigenvalue weighted by Gasteiger charge is 2.37. The van der Waals surface area contributed by atoms with E-state index in [2.05, 4.69) is 11.1 Å². The highest BCUT2D eigenvalue weighted by Crippen LogP contribution is 2.23. The van der Waals surface area contributed by atoms with E-state index in [-0.39, 0.29) is 17.7 Å². The van der Waals surface area contributed by atoms with Crippen LogP contribution in [0.5, 0.6) is 0 Å². The second kappa shape index (κ2) is 7.42. The van der Waals surface area contributed by atoms with Crippen molar-refractivity contribution in [3.8, 4) is 0 Å². The van der Waals surface area contributed by atoms with Gasteiger partial charge in [-0.25, -0.2) is 0 Å². The Morgan fingerprint density at radius 2 is 1.96 bits per heavy atom. The number of carbonyl (C=O) groups is 3. The number of aromatic nitrogens is 1. The number of piperazine rings is 1. The van der Waals surface area contributed by atoms with Crippen LogP contribution >= 0.6 is 0 Å². The highest BCUT2D eigenvalue weighted by molar-refractivity contribution is 5.89. The first-order valence-corrected chi connectivity index (χ1v) is 9.46. The van der Waals surface area contributed by atoms with Crippen LogP contribution in [0.25, 0.3) is 10.9 Å². The maximum atomic E-state index is 12.7. The van der Waals surface area contributed by atoms with Crippen molar-refractivity contribution in [2.45, 2.75) is 12.8 Å². The van der Waals surface area contributed by atoms with Crippen LogP contribution < -0.4 is 0 Å². The van der Waals surface area contributed by atoms with Gasteiger partial charge >= 0.3 is 0 Å². The number of likely N-dealkylation sites (tertiary alicyclic amines) is 1. The second-order valence-electron chi connectivity index (χ2n) is 7.32. The lowest BCUT2D eigenvalue weighted by Crippen LogP contribution is -2.50. The maximum Gasteiger partial charge on any atom is 0.228 e. The summed E-state index contributed by atoms with van der Waals surface area (Å²) < 4.78 is 0. The van der Waals surface area contributed by atoms with E-state index in [9.17, 15) is 14.4 Å². The standard InChI is InChI=1S/C20H24N4O3/c25-14-22-7-9-23(10-8-22)20(27)16-11-19(26)24(13-16)6-5-15-12-21-18-4-2-1-3-17(15)18/h1-4,12,14,16,21H,5-11,13H2. The van der Waals surface area contributed by atoms with Crippen LogP contribution in [0.15, 0.2) is 30.5 Å². The molecule has 1 aromatic carbocycles. The molecule has 1 N–H and O–H groups in total. The number of hydrogen-bond acceptors (Lipinski definition) is 3. The minimum atomic E-state index is -0.261. The molecule has 1 atom stereocenters. The largest absolute Gasteiger partial charge is 0.361 e. The lowest BCUT2D eigenvalue weighted by molar-refractivity contribution is -0.139. The minimum absolute atomic E-state index is 0.0449. The van der Waals surface area contributed by atoms with Crippen molar-refractivity contribution in [1.29, 1.82) is 0 Å². The monoisotopic (exact) mass is 368 g/mol. The zero-order valence-electron chi connectivity index (χ0n) is 15.3. The SMILES string of the molecule is O=CN1CCN(C(=O)C2CC(=O)N(CCc3c[nH]c4ccccc34)C2)CC1. The molecule has 2 aliphatic heterocycles. The average molecular weight is 368 g/mol. The molecule has 2 fully saturated rings. The number of H-pyrrole nitrogens is 1. The van der Waals surface area contributed by atoms with Crippen molar-refractivity contribution >= 4 is 29.1 Å². The van der Waals surface area contributed by atoms with Crippen LogP contribution in [0.3, 0.4) is 0 Å². The number of aromatic amines is 1. The molecule has 1 unspecified atom stereocenters. The van der Waals surface area contributed by atoms with Gasteiger partial charge in [-0.3, -0.25) is 14.4 Å². The topological polar surface area (TPSA) is 76.7 Å². The maximum absolute atomic E-state index is 12.7. The molecule has 27 heavy (non-hydrogen) atoms. The fourth-order valence-electron chi connectivity index (χ4n) is 4.05. The van der Waals surface area contributed by atoms with E-state index in [0.29, 0.717) is 45.7 Å². The van der Waals surface area contributed by atoms with Crippen LogP contribution in [0.2, 0.25) is 0 Å². The molecule has 2 aromatic rings. The van der Waals surface area contributed by atoms with E-state index in [1.54, 1.807) is 9.80 Å². The molecule has 1 aromatic heterocycles. The third kappa shape index (κ3) is 3.54. The predicted octanol–water partition coefficient (Wildman–Crippen LogP) is 0.860. The van der Waals surface area contributed by atoms with Crippen LogP contribution in [-0.4, -0.2) is 77.2 Å². The van der Waals surface area contributed by atoms with Gasteiger partial charge in [0.2, 0.25) is 18.2 Å². The Morgan fingerprint density at radius 1 is 1.19 bits per heavy atom. The third-order valence-corrected chi connectivity index (χ3v) is 5.66. The molecular formula is C20H24N4O3. The van der Waals surface area contributed by atoms with Crippen molar-refractivity contribution in [1.82, 2.24) is 19.7 Å². The Balaban J connectivity index is 1.34. The summed E-state index contributed by atoms with van der Waals surface area (Å²) in [5, 5.41) is 1.19. The van der Waals surface area contributed by atoms with Gasteiger partial charge in [-0.2, -0.15) is 0 Å². The van der Waals surface area contributed by atoms with Gasteiger partial charge in [0.1, 0.15) is 0 Å². The van der Waals surface area contributed by atoms with Gasteiger partial charge in [0.25, 0.3) is 0 Å². The van der Waals surface area contributed by atoms with E-state index in [1.807, 2.05) is 29.3 Å². The number of fused-ring (bicyclic) bond motifs is 1. The van der Waals surface area contributed by atoms with Gasteiger partial charge in [0.15, 0.2) is 0 Å². The summed E-state index contributed by atoms with van der Waals surface area (Å²) in [5.41, 5.74) is 2.29. The first kappa shape index (κ1) is 17.6. The fraction of sp³-hybridized carbons (Fsp3) is 0.450. The Bertz CT molecular complexity index is 854. The Hall–Kier alpha value is -2.83. The van der Waals surface area contributed by atoms with Crippen LogP contribution in [0.4, 0.5) is 0 Å². The molecule has 0 radical (unpaired) electrons. The third-order valence-electron chi connectivity index (χ3n) is 5.66. The van der Waals surface area contributed by atoms with Gasteiger partial charge < -0.3 is 19.7 Å². The molecule has 2 aliphatic rings. The first-order valence-electron chi connectivity index (χ1n) is 9.46. The van der Waals surface area contributed by atoms with E-state index < -0.39 is 0 Å². The summed E-state index contributed by atoms with van der Waals surface area (Å²) in [4.78, 5) is 44.5. The van der Waals surface area contributed by atoms with E-state index >= 15 is 0 Å². The number of benzene rings is 1. The first-order chi connectivity index (χ1) is 13.2. The van der Waals surface area contributed by atoms with Gasteiger partial charge in [-0.15, -0.1) is 0 Å². The second-order valence-corrected chi connectivity index (χ2v) is 7.32. The molecule has 2 saturated heterocycles. The Kier molecular flexibility index (Phi) is 4.83. The number of rotatable bonds is 5. The van der Waals surface area contributed by atoms with Crippen LogP contribution in [0, 0.1) is 5.92 Å². The van der Waals surface area contributed by atoms with E-state index in [0.717, 1.165) is 18.3 Å². The van der Waals surface area contributed by atoms with Crippen LogP contribution in [-0.2, 0) is 20.8 Å². The van der Waals surface area contributed by atoms with Gasteiger partial charge in [-0.1, -0.05) is 18.2 Å². The summed E-state index contributed by atoms with van der Waals surface area (Å²) in [6.45, 7) is 3.37. The Labute approximate surface area is 157 Å². The molecular weight excluding hydrogens is 344 g/mol. The Morgan fingerprint density at radius 3 is 2.74 bits per heavy atom. The molecule has 0 bridgehead atoms. The lowest BCUT2D eigenvalue weighted by atomic mass is 10.1. The smallest absolute Gasteiger partial charge is 0.228 e. The molecule has 3 heterocycles. The normalized spacial score (nSPS) is 20.5. The van der Waals surface area contributed by atoms with Crippen molar-refractivity contribution < 1.29 is 14.4 Å². The number of nitrogens with one attached hydrogen (secondary N) is 1. The zero-order chi connectivity index (χ0) is 18.8. The number of amides is 3. The number of carbonyl (C=O) groups excluding carboxylic acids is 3. The molecule has 3 amide bonds. The number of hydrogen-bond donors (Lipinski definition) is 1. The summed E-state index contributed by atoms with van der Waals surface area (Å²) >= 11 is 0. The quantitative estimate of drug-likeness (QED) is 0.796. The van der Waals surface area contributed by atoms with Gasteiger partial charge in [0, 0.05) is 62.8 Å². The molecule has 7 nitrogen and oxygen atoms in total. The summed E-state index contributed by atoms with van der Waals surface area (Å²) in [7, 11) is 0. The van der Waals surface area contributed by atoms with Crippen LogP contribution in [0.1, 0.15) is 12.0 Å². The highest BCUT2D eigenvalue weighted by atomic mass is 16.2. The van der Waals surface area contributed by atoms with E-state index in [4.69, 9.17) is 0 Å². The predicted molar refractivity (Wildman–Crippen MR) is 101 cm³/mol. The summed E-state index contributed by atoms with van der Waals surface area (Å²) in [6.07, 6.45) is 3.89. The lowest BCUT2D eigenvalue weighted by Gasteiger charge is -2.33. The molecule has 0 aliphatic carbocycles. The molecule has 7 heteroatoms. The fourth-order valence-corrected chi connectivity index (χ4v) is 4.05. The van der Waals surface area contributed by atoms with Crippen molar-refractivity contribution in [2.24, 2.45) is 5.92 Å². The minimum Gasteiger partial charge on any atom is -0.361 e. The van der Waals surface area contributed by atoms with Crippen molar-refractivity contribution in [3.63, 3.8) is 0 Å². The van der Waals surface area contributed by atoms with Crippen molar-refractivity contribution in [2.75, 3.05) is 39.3 Å². The summed E-state index contributed by atoms with van der Waals surface area (Å²) in [5.74, 6) is -0.161. The number of nitrogens with zero attached hydrogens (tertiary/aromatic N) is 3. The van der Waals surface area contributed by atoms with Crippen molar-refractivity contribution in [3.05, 3.63) is 36.0 Å². The van der Waals surface area contributed by atoms with Gasteiger partial charge in [-0.05, 0) is 18.1 Å². The van der Waals surface area contributed by atoms with E-state index in [1.165, 1.54) is 10.9 Å². The number of para-hydroxylation sites is 1. The molecule has 0 spiro atoms. The summed E-state index contributed by atoms with van der Waals surface area (Å²) in [6, 6.07) is 8.13. The zero-order valence-corrected chi connectivity index (χ0v) is 15.3. The molecule has 4 rings (SSSR count).